The average Bonchev–Trinajstić information content (AvgIpc) is 1.99. The van der Waals surface area contributed by atoms with Gasteiger partial charge < -0.3 is 5.11 Å². The molecule has 1 unspecified atom stereocenters. The van der Waals surface area contributed by atoms with E-state index in [0.29, 0.717) is 0 Å². The fraction of sp³-hybridized carbons (Fsp3) is 0.800. The van der Waals surface area contributed by atoms with Crippen LogP contribution in [-0.4, -0.2) is 11.2 Å². The molecule has 1 heteroatoms. The second-order valence-electron chi connectivity index (χ2n) is 3.74. The number of allylic oxidation sites excluding steroid dienone is 1. The number of hydrogen-bond donors (Lipinski definition) is 1. The van der Waals surface area contributed by atoms with Crippen molar-refractivity contribution >= 4 is 0 Å². The molecule has 0 aliphatic carbocycles. The van der Waals surface area contributed by atoms with Crippen LogP contribution in [0.4, 0.5) is 0 Å². The minimum Gasteiger partial charge on any atom is -0.393 e. The quantitative estimate of drug-likeness (QED) is 0.607. The van der Waals surface area contributed by atoms with Crippen LogP contribution in [0.15, 0.2) is 12.7 Å². The van der Waals surface area contributed by atoms with E-state index >= 15 is 0 Å². The van der Waals surface area contributed by atoms with Gasteiger partial charge in [0.25, 0.3) is 0 Å². The van der Waals surface area contributed by atoms with Gasteiger partial charge in [0.1, 0.15) is 0 Å². The third-order valence-corrected chi connectivity index (χ3v) is 2.28. The van der Waals surface area contributed by atoms with Crippen LogP contribution in [0.1, 0.15) is 40.0 Å². The van der Waals surface area contributed by atoms with Gasteiger partial charge in [-0.05, 0) is 24.7 Å². The highest BCUT2D eigenvalue weighted by Gasteiger charge is 2.24. The van der Waals surface area contributed by atoms with Gasteiger partial charge in [-0.15, -0.1) is 6.58 Å². The minimum atomic E-state index is -0.178. The number of hydrogen-bond acceptors (Lipinski definition) is 1. The van der Waals surface area contributed by atoms with Gasteiger partial charge in [0.2, 0.25) is 0 Å². The number of aliphatic hydroxyl groups excluding tert-OH is 1. The van der Waals surface area contributed by atoms with Crippen molar-refractivity contribution in [2.24, 2.45) is 5.41 Å². The molecule has 0 aromatic rings. The van der Waals surface area contributed by atoms with Crippen LogP contribution in [0.3, 0.4) is 0 Å². The Hall–Kier alpha value is -0.300. The van der Waals surface area contributed by atoms with Crippen LogP contribution in [0.5, 0.6) is 0 Å². The summed E-state index contributed by atoms with van der Waals surface area (Å²) in [4.78, 5) is 0. The van der Waals surface area contributed by atoms with E-state index in [4.69, 9.17) is 0 Å². The molecule has 0 bridgehead atoms. The van der Waals surface area contributed by atoms with Crippen molar-refractivity contribution in [1.82, 2.24) is 0 Å². The van der Waals surface area contributed by atoms with Crippen LogP contribution in [0.25, 0.3) is 0 Å². The minimum absolute atomic E-state index is 0.0446. The van der Waals surface area contributed by atoms with Crippen LogP contribution >= 0.6 is 0 Å². The number of aliphatic hydroxyl groups is 1. The Bertz CT molecular complexity index is 116. The first-order chi connectivity index (χ1) is 5.04. The molecule has 0 spiro atoms. The van der Waals surface area contributed by atoms with Gasteiger partial charge in [-0.3, -0.25) is 0 Å². The molecule has 1 nitrogen and oxygen atoms in total. The first kappa shape index (κ1) is 10.7. The Balaban J connectivity index is 3.86. The maximum Gasteiger partial charge on any atom is 0.0588 e. The van der Waals surface area contributed by atoms with Crippen LogP contribution in [0, 0.1) is 5.41 Å². The fourth-order valence-electron chi connectivity index (χ4n) is 1.19. The molecule has 0 saturated carbocycles. The predicted molar refractivity (Wildman–Crippen MR) is 49.5 cm³/mol. The highest BCUT2D eigenvalue weighted by Crippen LogP contribution is 2.28. The molecular formula is C10H20O. The van der Waals surface area contributed by atoms with Crippen molar-refractivity contribution in [3.05, 3.63) is 12.7 Å². The molecule has 66 valence electrons. The highest BCUT2D eigenvalue weighted by molar-refractivity contribution is 4.80. The van der Waals surface area contributed by atoms with Gasteiger partial charge in [-0.2, -0.15) is 0 Å². The zero-order valence-electron chi connectivity index (χ0n) is 7.93. The monoisotopic (exact) mass is 156 g/mol. The summed E-state index contributed by atoms with van der Waals surface area (Å²) < 4.78 is 0. The molecule has 0 aliphatic heterocycles. The lowest BCUT2D eigenvalue weighted by Crippen LogP contribution is -2.28. The summed E-state index contributed by atoms with van der Waals surface area (Å²) in [6.45, 7) is 9.89. The normalized spacial score (nSPS) is 14.5. The SMILES string of the molecule is C=CCCC(C)(C)C(O)CC. The van der Waals surface area contributed by atoms with E-state index in [1.54, 1.807) is 0 Å². The second-order valence-corrected chi connectivity index (χ2v) is 3.74. The summed E-state index contributed by atoms with van der Waals surface area (Å²) in [5.74, 6) is 0. The first-order valence-corrected chi connectivity index (χ1v) is 4.33. The Morgan fingerprint density at radius 1 is 1.55 bits per heavy atom. The Kier molecular flexibility index (Phi) is 4.43. The predicted octanol–water partition coefficient (Wildman–Crippen LogP) is 2.75. The topological polar surface area (TPSA) is 20.2 Å². The van der Waals surface area contributed by atoms with E-state index in [9.17, 15) is 5.11 Å². The van der Waals surface area contributed by atoms with Crippen molar-refractivity contribution in [3.8, 4) is 0 Å². The molecule has 0 aromatic carbocycles. The van der Waals surface area contributed by atoms with Crippen molar-refractivity contribution in [1.29, 1.82) is 0 Å². The Morgan fingerprint density at radius 3 is 2.45 bits per heavy atom. The highest BCUT2D eigenvalue weighted by atomic mass is 16.3. The fourth-order valence-corrected chi connectivity index (χ4v) is 1.19. The van der Waals surface area contributed by atoms with E-state index in [1.807, 2.05) is 13.0 Å². The van der Waals surface area contributed by atoms with E-state index in [1.165, 1.54) is 0 Å². The third kappa shape index (κ3) is 3.57. The summed E-state index contributed by atoms with van der Waals surface area (Å²) in [6.07, 6.45) is 4.58. The Labute approximate surface area is 70.1 Å². The Morgan fingerprint density at radius 2 is 2.09 bits per heavy atom. The van der Waals surface area contributed by atoms with E-state index in [2.05, 4.69) is 20.4 Å². The van der Waals surface area contributed by atoms with Crippen LogP contribution < -0.4 is 0 Å². The number of rotatable bonds is 5. The maximum absolute atomic E-state index is 9.58. The van der Waals surface area contributed by atoms with Gasteiger partial charge in [-0.1, -0.05) is 26.8 Å². The van der Waals surface area contributed by atoms with Gasteiger partial charge >= 0.3 is 0 Å². The molecule has 0 radical (unpaired) electrons. The molecule has 0 saturated heterocycles. The summed E-state index contributed by atoms with van der Waals surface area (Å²) in [5.41, 5.74) is 0.0446. The molecule has 11 heavy (non-hydrogen) atoms. The molecule has 0 aromatic heterocycles. The molecule has 1 atom stereocenters. The van der Waals surface area contributed by atoms with E-state index in [-0.39, 0.29) is 11.5 Å². The molecule has 1 N–H and O–H groups in total. The lowest BCUT2D eigenvalue weighted by Gasteiger charge is -2.29. The third-order valence-electron chi connectivity index (χ3n) is 2.28. The maximum atomic E-state index is 9.58. The van der Waals surface area contributed by atoms with Gasteiger partial charge in [0.05, 0.1) is 6.10 Å². The van der Waals surface area contributed by atoms with Crippen molar-refractivity contribution in [2.45, 2.75) is 46.1 Å². The molecular weight excluding hydrogens is 136 g/mol. The molecule has 0 amide bonds. The average molecular weight is 156 g/mol. The lowest BCUT2D eigenvalue weighted by atomic mass is 9.81. The molecule has 0 heterocycles. The lowest BCUT2D eigenvalue weighted by molar-refractivity contribution is 0.0419. The van der Waals surface area contributed by atoms with E-state index in [0.717, 1.165) is 19.3 Å². The molecule has 0 aliphatic rings. The molecule has 0 fully saturated rings. The zero-order valence-corrected chi connectivity index (χ0v) is 7.93. The summed E-state index contributed by atoms with van der Waals surface area (Å²) >= 11 is 0. The van der Waals surface area contributed by atoms with Crippen molar-refractivity contribution in [2.75, 3.05) is 0 Å². The largest absolute Gasteiger partial charge is 0.393 e. The summed E-state index contributed by atoms with van der Waals surface area (Å²) in [6, 6.07) is 0. The summed E-state index contributed by atoms with van der Waals surface area (Å²) in [7, 11) is 0. The van der Waals surface area contributed by atoms with Gasteiger partial charge in [-0.25, -0.2) is 0 Å². The second kappa shape index (κ2) is 4.55. The smallest absolute Gasteiger partial charge is 0.0588 e. The van der Waals surface area contributed by atoms with Gasteiger partial charge in [0, 0.05) is 0 Å². The van der Waals surface area contributed by atoms with E-state index < -0.39 is 0 Å². The zero-order chi connectivity index (χ0) is 8.91. The molecule has 0 rings (SSSR count). The van der Waals surface area contributed by atoms with Crippen molar-refractivity contribution < 1.29 is 5.11 Å². The summed E-state index contributed by atoms with van der Waals surface area (Å²) in [5, 5.41) is 9.58. The van der Waals surface area contributed by atoms with Crippen LogP contribution in [0.2, 0.25) is 0 Å². The van der Waals surface area contributed by atoms with Crippen molar-refractivity contribution in [3.63, 3.8) is 0 Å². The van der Waals surface area contributed by atoms with Gasteiger partial charge in [0.15, 0.2) is 0 Å². The standard InChI is InChI=1S/C10H20O/c1-5-7-8-10(3,4)9(11)6-2/h5,9,11H,1,6-8H2,2-4H3. The van der Waals surface area contributed by atoms with Crippen LogP contribution in [-0.2, 0) is 0 Å². The first-order valence-electron chi connectivity index (χ1n) is 4.33.